The second-order valence-corrected chi connectivity index (χ2v) is 3.83. The smallest absolute Gasteiger partial charge is 0.348 e. The van der Waals surface area contributed by atoms with Gasteiger partial charge in [-0.2, -0.15) is 0 Å². The summed E-state index contributed by atoms with van der Waals surface area (Å²) >= 11 is 5.62. The quantitative estimate of drug-likeness (QED) is 0.459. The molecular weight excluding hydrogens is 250 g/mol. The zero-order valence-electron chi connectivity index (χ0n) is 8.51. The predicted molar refractivity (Wildman–Crippen MR) is 58.7 cm³/mol. The van der Waals surface area contributed by atoms with Crippen LogP contribution in [0.4, 0.5) is 11.5 Å². The fourth-order valence-corrected chi connectivity index (χ4v) is 1.73. The summed E-state index contributed by atoms with van der Waals surface area (Å²) in [6, 6.07) is -0.229. The number of aromatic nitrogens is 2. The molecule has 1 unspecified atom stereocenters. The van der Waals surface area contributed by atoms with Crippen molar-refractivity contribution in [2.75, 3.05) is 11.9 Å². The number of rotatable bonds is 3. The summed E-state index contributed by atoms with van der Waals surface area (Å²) in [6.07, 6.45) is 1.38. The molecule has 0 aromatic carbocycles. The minimum absolute atomic E-state index is 0.0245. The molecule has 8 nitrogen and oxygen atoms in total. The Hall–Kier alpha value is -1.96. The molecule has 90 valence electrons. The minimum atomic E-state index is -0.658. The van der Waals surface area contributed by atoms with E-state index in [0.29, 0.717) is 6.54 Å². The number of carbonyl (C=O) groups excluding carboxylic acids is 1. The summed E-state index contributed by atoms with van der Waals surface area (Å²) in [5, 5.41) is 16.0. The predicted octanol–water partition coefficient (Wildman–Crippen LogP) is 0.339. The van der Waals surface area contributed by atoms with Crippen molar-refractivity contribution >= 4 is 29.0 Å². The van der Waals surface area contributed by atoms with Crippen LogP contribution < -0.4 is 10.6 Å². The third-order valence-electron chi connectivity index (χ3n) is 2.28. The molecule has 1 aromatic rings. The number of hydrogen-bond acceptors (Lipinski definition) is 6. The van der Waals surface area contributed by atoms with Crippen molar-refractivity contribution in [2.24, 2.45) is 0 Å². The summed E-state index contributed by atoms with van der Waals surface area (Å²) in [7, 11) is 0. The summed E-state index contributed by atoms with van der Waals surface area (Å²) < 4.78 is 0. The fraction of sp³-hybridized carbons (Fsp3) is 0.375. The summed E-state index contributed by atoms with van der Waals surface area (Å²) in [5.41, 5.74) is -0.381. The Morgan fingerprint density at radius 1 is 1.59 bits per heavy atom. The van der Waals surface area contributed by atoms with Gasteiger partial charge in [0.2, 0.25) is 16.9 Å². The first-order valence-corrected chi connectivity index (χ1v) is 5.14. The molecule has 1 fully saturated rings. The van der Waals surface area contributed by atoms with Gasteiger partial charge in [0.1, 0.15) is 6.33 Å². The lowest BCUT2D eigenvalue weighted by atomic mass is 10.2. The lowest BCUT2D eigenvalue weighted by molar-refractivity contribution is -0.384. The molecule has 1 aliphatic heterocycles. The van der Waals surface area contributed by atoms with E-state index >= 15 is 0 Å². The van der Waals surface area contributed by atoms with Crippen molar-refractivity contribution < 1.29 is 9.72 Å². The van der Waals surface area contributed by atoms with E-state index in [1.54, 1.807) is 0 Å². The molecule has 0 saturated carbocycles. The monoisotopic (exact) mass is 257 g/mol. The standard InChI is InChI=1S/C8H8ClN5O3/c9-7-6(14(16)17)8(12-3-11-7)13-4-1-5(15)10-2-4/h3-4H,1-2H2,(H,10,15)(H,11,12,13). The molecule has 2 heterocycles. The van der Waals surface area contributed by atoms with Crippen molar-refractivity contribution in [2.45, 2.75) is 12.5 Å². The Bertz CT molecular complexity index is 480. The van der Waals surface area contributed by atoms with Gasteiger partial charge in [0.15, 0.2) is 0 Å². The Morgan fingerprint density at radius 2 is 2.35 bits per heavy atom. The van der Waals surface area contributed by atoms with Crippen LogP contribution in [0, 0.1) is 10.1 Å². The van der Waals surface area contributed by atoms with Crippen LogP contribution in [0.3, 0.4) is 0 Å². The van der Waals surface area contributed by atoms with Crippen LogP contribution in [0.2, 0.25) is 5.15 Å². The van der Waals surface area contributed by atoms with Crippen LogP contribution in [-0.4, -0.2) is 33.4 Å². The van der Waals surface area contributed by atoms with E-state index in [1.165, 1.54) is 0 Å². The molecule has 1 saturated heterocycles. The summed E-state index contributed by atoms with van der Waals surface area (Å²) in [5.74, 6) is -0.0817. The number of anilines is 1. The van der Waals surface area contributed by atoms with Crippen LogP contribution in [0.1, 0.15) is 6.42 Å². The van der Waals surface area contributed by atoms with Gasteiger partial charge in [-0.3, -0.25) is 14.9 Å². The van der Waals surface area contributed by atoms with E-state index in [0.717, 1.165) is 6.33 Å². The molecule has 2 N–H and O–H groups in total. The first kappa shape index (κ1) is 11.5. The topological polar surface area (TPSA) is 110 Å². The molecular formula is C8H8ClN5O3. The Balaban J connectivity index is 2.23. The minimum Gasteiger partial charge on any atom is -0.359 e. The molecule has 17 heavy (non-hydrogen) atoms. The van der Waals surface area contributed by atoms with E-state index < -0.39 is 4.92 Å². The third-order valence-corrected chi connectivity index (χ3v) is 2.56. The first-order chi connectivity index (χ1) is 8.08. The molecule has 0 spiro atoms. The average molecular weight is 258 g/mol. The molecule has 0 bridgehead atoms. The molecule has 1 atom stereocenters. The Kier molecular flexibility index (Phi) is 3.05. The lowest BCUT2D eigenvalue weighted by Gasteiger charge is -2.10. The number of amides is 1. The molecule has 2 rings (SSSR count). The van der Waals surface area contributed by atoms with E-state index in [1.807, 2.05) is 0 Å². The normalized spacial score (nSPS) is 18.9. The van der Waals surface area contributed by atoms with Crippen molar-refractivity contribution in [1.29, 1.82) is 0 Å². The van der Waals surface area contributed by atoms with Gasteiger partial charge in [-0.25, -0.2) is 9.97 Å². The number of nitrogens with one attached hydrogen (secondary N) is 2. The highest BCUT2D eigenvalue weighted by molar-refractivity contribution is 6.31. The molecule has 0 radical (unpaired) electrons. The number of hydrogen-bond donors (Lipinski definition) is 2. The maximum Gasteiger partial charge on any atom is 0.348 e. The van der Waals surface area contributed by atoms with Crippen LogP contribution in [0.15, 0.2) is 6.33 Å². The molecule has 0 aliphatic carbocycles. The summed E-state index contributed by atoms with van der Waals surface area (Å²) in [4.78, 5) is 28.4. The number of carbonyl (C=O) groups is 1. The maximum absolute atomic E-state index is 11.0. The SMILES string of the molecule is O=C1CC(Nc2ncnc(Cl)c2[N+](=O)[O-])CN1. The second-order valence-electron chi connectivity index (χ2n) is 3.47. The van der Waals surface area contributed by atoms with Crippen LogP contribution in [0.25, 0.3) is 0 Å². The maximum atomic E-state index is 11.0. The van der Waals surface area contributed by atoms with Gasteiger partial charge in [0, 0.05) is 13.0 Å². The van der Waals surface area contributed by atoms with E-state index in [2.05, 4.69) is 20.6 Å². The molecule has 1 aromatic heterocycles. The van der Waals surface area contributed by atoms with Crippen LogP contribution in [0.5, 0.6) is 0 Å². The van der Waals surface area contributed by atoms with Crippen molar-refractivity contribution in [3.8, 4) is 0 Å². The molecule has 1 amide bonds. The largest absolute Gasteiger partial charge is 0.359 e. The Labute approximate surface area is 101 Å². The van der Waals surface area contributed by atoms with Gasteiger partial charge < -0.3 is 10.6 Å². The zero-order chi connectivity index (χ0) is 12.4. The molecule has 1 aliphatic rings. The van der Waals surface area contributed by atoms with Crippen LogP contribution in [-0.2, 0) is 4.79 Å². The fourth-order valence-electron chi connectivity index (χ4n) is 1.53. The highest BCUT2D eigenvalue weighted by Crippen LogP contribution is 2.29. The van der Waals surface area contributed by atoms with Gasteiger partial charge in [-0.15, -0.1) is 0 Å². The van der Waals surface area contributed by atoms with Gasteiger partial charge in [-0.1, -0.05) is 11.6 Å². The van der Waals surface area contributed by atoms with Crippen molar-refractivity contribution in [3.05, 3.63) is 21.6 Å². The van der Waals surface area contributed by atoms with Gasteiger partial charge in [0.25, 0.3) is 0 Å². The average Bonchev–Trinajstić information content (AvgIpc) is 2.63. The zero-order valence-corrected chi connectivity index (χ0v) is 9.27. The first-order valence-electron chi connectivity index (χ1n) is 4.76. The van der Waals surface area contributed by atoms with Crippen molar-refractivity contribution in [1.82, 2.24) is 15.3 Å². The van der Waals surface area contributed by atoms with Gasteiger partial charge >= 0.3 is 5.69 Å². The number of nitrogens with zero attached hydrogens (tertiary/aromatic N) is 3. The van der Waals surface area contributed by atoms with E-state index in [4.69, 9.17) is 11.6 Å². The van der Waals surface area contributed by atoms with E-state index in [9.17, 15) is 14.9 Å². The number of halogens is 1. The molecule has 9 heteroatoms. The highest BCUT2D eigenvalue weighted by atomic mass is 35.5. The van der Waals surface area contributed by atoms with Crippen molar-refractivity contribution in [3.63, 3.8) is 0 Å². The van der Waals surface area contributed by atoms with Gasteiger partial charge in [0.05, 0.1) is 11.0 Å². The van der Waals surface area contributed by atoms with Gasteiger partial charge in [-0.05, 0) is 0 Å². The Morgan fingerprint density at radius 3 is 2.94 bits per heavy atom. The third kappa shape index (κ3) is 2.41. The highest BCUT2D eigenvalue weighted by Gasteiger charge is 2.27. The second kappa shape index (κ2) is 4.50. The lowest BCUT2D eigenvalue weighted by Crippen LogP contribution is -2.23. The summed E-state index contributed by atoms with van der Waals surface area (Å²) in [6.45, 7) is 0.400. The van der Waals surface area contributed by atoms with E-state index in [-0.39, 0.29) is 35.0 Å². The number of nitro groups is 1. The van der Waals surface area contributed by atoms with Crippen LogP contribution >= 0.6 is 11.6 Å².